The number of nitrogens with one attached hydrogen (secondary N) is 1. The number of para-hydroxylation sites is 1. The van der Waals surface area contributed by atoms with Crippen molar-refractivity contribution in [2.45, 2.75) is 47.1 Å². The van der Waals surface area contributed by atoms with Crippen LogP contribution >= 0.6 is 11.3 Å². The molecule has 0 fully saturated rings. The molecule has 0 saturated carbocycles. The predicted molar refractivity (Wildman–Crippen MR) is 108 cm³/mol. The Kier molecular flexibility index (Phi) is 6.32. The van der Waals surface area contributed by atoms with Gasteiger partial charge in [-0.1, -0.05) is 18.2 Å². The van der Waals surface area contributed by atoms with Gasteiger partial charge in [-0.05, 0) is 45.7 Å². The molecule has 1 N–H and O–H groups in total. The maximum Gasteiger partial charge on any atom is 0.428 e. The number of carbonyl (C=O) groups is 2. The number of aromatic nitrogens is 1. The lowest BCUT2D eigenvalue weighted by molar-refractivity contribution is -0.115. The van der Waals surface area contributed by atoms with Gasteiger partial charge in [-0.15, -0.1) is 11.3 Å². The molecule has 0 saturated heterocycles. The van der Waals surface area contributed by atoms with Crippen molar-refractivity contribution in [3.05, 3.63) is 40.4 Å². The van der Waals surface area contributed by atoms with E-state index in [0.717, 1.165) is 16.8 Å². The average Bonchev–Trinajstić information content (AvgIpc) is 2.97. The van der Waals surface area contributed by atoms with Gasteiger partial charge in [0.25, 0.3) is 0 Å². The Labute approximate surface area is 163 Å². The number of nitrogens with zero attached hydrogens (tertiary/aromatic N) is 3. The van der Waals surface area contributed by atoms with Crippen molar-refractivity contribution in [2.24, 2.45) is 5.10 Å². The molecule has 7 nitrogen and oxygen atoms in total. The van der Waals surface area contributed by atoms with Crippen LogP contribution in [0.5, 0.6) is 0 Å². The van der Waals surface area contributed by atoms with Crippen molar-refractivity contribution >= 4 is 40.4 Å². The van der Waals surface area contributed by atoms with E-state index in [0.29, 0.717) is 10.8 Å². The standard InChI is InChI=1S/C19H24N4O3S/c1-12-8-7-9-13(2)16(12)23(14(3)24)17-21-15(11-27-17)10-20-22-18(25)26-19(4,5)6/h7-11H,1-6H3,(H,22,25)/b20-10-. The molecule has 27 heavy (non-hydrogen) atoms. The van der Waals surface area contributed by atoms with Gasteiger partial charge in [0.2, 0.25) is 5.91 Å². The Balaban J connectivity index is 2.18. The lowest BCUT2D eigenvalue weighted by atomic mass is 10.1. The third-order valence-electron chi connectivity index (χ3n) is 3.43. The van der Waals surface area contributed by atoms with E-state index in [9.17, 15) is 9.59 Å². The Morgan fingerprint density at radius 1 is 1.26 bits per heavy atom. The number of anilines is 2. The summed E-state index contributed by atoms with van der Waals surface area (Å²) in [5.41, 5.74) is 5.03. The Bertz CT molecular complexity index is 848. The van der Waals surface area contributed by atoms with Gasteiger partial charge in [0, 0.05) is 12.3 Å². The molecule has 2 rings (SSSR count). The summed E-state index contributed by atoms with van der Waals surface area (Å²) in [5.74, 6) is -0.128. The van der Waals surface area contributed by atoms with E-state index < -0.39 is 11.7 Å². The molecule has 0 bridgehead atoms. The van der Waals surface area contributed by atoms with Gasteiger partial charge in [0.1, 0.15) is 5.60 Å². The first kappa shape index (κ1) is 20.6. The monoisotopic (exact) mass is 388 g/mol. The van der Waals surface area contributed by atoms with Crippen molar-refractivity contribution in [3.8, 4) is 0 Å². The van der Waals surface area contributed by atoms with E-state index in [-0.39, 0.29) is 5.91 Å². The number of ether oxygens (including phenoxy) is 1. The molecule has 1 aromatic carbocycles. The minimum atomic E-state index is -0.643. The molecule has 144 valence electrons. The maximum absolute atomic E-state index is 12.3. The van der Waals surface area contributed by atoms with E-state index in [1.54, 1.807) is 31.1 Å². The quantitative estimate of drug-likeness (QED) is 0.625. The van der Waals surface area contributed by atoms with Crippen LogP contribution in [0, 0.1) is 13.8 Å². The molecular formula is C19H24N4O3S. The van der Waals surface area contributed by atoms with E-state index in [4.69, 9.17) is 4.74 Å². The van der Waals surface area contributed by atoms with Crippen molar-refractivity contribution < 1.29 is 14.3 Å². The number of thiazole rings is 1. The number of hydrogen-bond acceptors (Lipinski definition) is 6. The molecule has 2 amide bonds. The topological polar surface area (TPSA) is 83.9 Å². The summed E-state index contributed by atoms with van der Waals surface area (Å²) in [6.45, 7) is 10.7. The van der Waals surface area contributed by atoms with Gasteiger partial charge in [-0.25, -0.2) is 15.2 Å². The zero-order valence-electron chi connectivity index (χ0n) is 16.4. The molecule has 0 radical (unpaired) electrons. The largest absolute Gasteiger partial charge is 0.443 e. The molecule has 0 aliphatic carbocycles. The summed E-state index contributed by atoms with van der Waals surface area (Å²) in [7, 11) is 0. The number of carbonyl (C=O) groups excluding carboxylic acids is 2. The molecule has 0 unspecified atom stereocenters. The van der Waals surface area contributed by atoms with Gasteiger partial charge in [-0.2, -0.15) is 5.10 Å². The van der Waals surface area contributed by atoms with Crippen LogP contribution in [-0.2, 0) is 9.53 Å². The van der Waals surface area contributed by atoms with Crippen molar-refractivity contribution in [1.29, 1.82) is 0 Å². The highest BCUT2D eigenvalue weighted by molar-refractivity contribution is 7.14. The van der Waals surface area contributed by atoms with E-state index in [2.05, 4.69) is 15.5 Å². The minimum Gasteiger partial charge on any atom is -0.443 e. The zero-order chi connectivity index (χ0) is 20.2. The highest BCUT2D eigenvalue weighted by atomic mass is 32.1. The van der Waals surface area contributed by atoms with E-state index in [1.807, 2.05) is 32.0 Å². The SMILES string of the molecule is CC(=O)N(c1nc(/C=N\NC(=O)OC(C)(C)C)cs1)c1c(C)cccc1C. The minimum absolute atomic E-state index is 0.128. The first-order chi connectivity index (χ1) is 12.6. The normalized spacial score (nSPS) is 11.5. The maximum atomic E-state index is 12.3. The number of benzene rings is 1. The zero-order valence-corrected chi connectivity index (χ0v) is 17.2. The lowest BCUT2D eigenvalue weighted by Crippen LogP contribution is -2.29. The summed E-state index contributed by atoms with van der Waals surface area (Å²) < 4.78 is 5.10. The Hall–Kier alpha value is -2.74. The van der Waals surface area contributed by atoms with Crippen LogP contribution in [0.3, 0.4) is 0 Å². The van der Waals surface area contributed by atoms with Gasteiger partial charge in [0.05, 0.1) is 17.6 Å². The second-order valence-corrected chi connectivity index (χ2v) is 7.86. The fourth-order valence-corrected chi connectivity index (χ4v) is 3.26. The molecule has 0 atom stereocenters. The van der Waals surface area contributed by atoms with Gasteiger partial charge in [0.15, 0.2) is 5.13 Å². The van der Waals surface area contributed by atoms with Crippen LogP contribution in [0.25, 0.3) is 0 Å². The molecular weight excluding hydrogens is 364 g/mol. The van der Waals surface area contributed by atoms with Crippen molar-refractivity contribution in [2.75, 3.05) is 4.90 Å². The molecule has 0 aliphatic rings. The highest BCUT2D eigenvalue weighted by Gasteiger charge is 2.21. The molecule has 0 aliphatic heterocycles. The number of amides is 2. The number of hydrogen-bond donors (Lipinski definition) is 1. The first-order valence-electron chi connectivity index (χ1n) is 8.43. The Morgan fingerprint density at radius 3 is 2.44 bits per heavy atom. The van der Waals surface area contributed by atoms with Gasteiger partial charge >= 0.3 is 6.09 Å². The van der Waals surface area contributed by atoms with E-state index in [1.165, 1.54) is 24.5 Å². The van der Waals surface area contributed by atoms with E-state index >= 15 is 0 Å². The number of rotatable bonds is 4. The first-order valence-corrected chi connectivity index (χ1v) is 9.31. The summed E-state index contributed by atoms with van der Waals surface area (Å²) >= 11 is 1.33. The third kappa shape index (κ3) is 5.62. The van der Waals surface area contributed by atoms with Crippen molar-refractivity contribution in [3.63, 3.8) is 0 Å². The summed E-state index contributed by atoms with van der Waals surface area (Å²) in [6.07, 6.45) is 0.766. The average molecular weight is 388 g/mol. The van der Waals surface area contributed by atoms with Crippen LogP contribution in [-0.4, -0.2) is 28.8 Å². The predicted octanol–water partition coefficient (Wildman–Crippen LogP) is 4.30. The van der Waals surface area contributed by atoms with Gasteiger partial charge in [-0.3, -0.25) is 9.69 Å². The Morgan fingerprint density at radius 2 is 1.89 bits per heavy atom. The lowest BCUT2D eigenvalue weighted by Gasteiger charge is -2.22. The smallest absolute Gasteiger partial charge is 0.428 e. The second-order valence-electron chi connectivity index (χ2n) is 7.02. The summed E-state index contributed by atoms with van der Waals surface area (Å²) in [4.78, 5) is 29.9. The number of aryl methyl sites for hydroxylation is 2. The highest BCUT2D eigenvalue weighted by Crippen LogP contribution is 2.33. The molecule has 2 aromatic rings. The molecule has 1 heterocycles. The third-order valence-corrected chi connectivity index (χ3v) is 4.27. The second kappa shape index (κ2) is 8.30. The van der Waals surface area contributed by atoms with Gasteiger partial charge < -0.3 is 4.74 Å². The fraction of sp³-hybridized carbons (Fsp3) is 0.368. The van der Waals surface area contributed by atoms with Crippen LogP contribution < -0.4 is 10.3 Å². The van der Waals surface area contributed by atoms with Crippen LogP contribution in [0.1, 0.15) is 44.5 Å². The molecule has 0 spiro atoms. The molecule has 1 aromatic heterocycles. The number of hydrazone groups is 1. The van der Waals surface area contributed by atoms with Crippen molar-refractivity contribution in [1.82, 2.24) is 10.4 Å². The fourth-order valence-electron chi connectivity index (χ4n) is 2.44. The summed E-state index contributed by atoms with van der Waals surface area (Å²) in [5, 5.41) is 6.15. The van der Waals surface area contributed by atoms with Crippen LogP contribution in [0.4, 0.5) is 15.6 Å². The van der Waals surface area contributed by atoms with Crippen LogP contribution in [0.15, 0.2) is 28.7 Å². The summed E-state index contributed by atoms with van der Waals surface area (Å²) in [6, 6.07) is 5.87. The van der Waals surface area contributed by atoms with Crippen LogP contribution in [0.2, 0.25) is 0 Å². The molecule has 8 heteroatoms.